The van der Waals surface area contributed by atoms with Gasteiger partial charge in [0.05, 0.1) is 37.6 Å². The molecule has 0 aromatic carbocycles. The van der Waals surface area contributed by atoms with Crippen molar-refractivity contribution in [2.75, 3.05) is 6.54 Å². The number of hydrogen-bond acceptors (Lipinski definition) is 6. The van der Waals surface area contributed by atoms with Crippen molar-refractivity contribution in [2.45, 2.75) is 56.7 Å². The standard InChI is InChI=1S/C16H23FN4O5S/c17-15-12-4-11(26-8-9-5-18-19-6-9)2-1-10(12)3-13(22)16(15)21-7-14(23)20-27(21,24)25/h5-6,10-13,15-16,22H,1-4,7-8H2,(H,18,19)(H,20,23). The molecule has 1 aromatic heterocycles. The van der Waals surface area contributed by atoms with E-state index in [-0.39, 0.29) is 12.0 Å². The van der Waals surface area contributed by atoms with Crippen molar-refractivity contribution in [3.8, 4) is 0 Å². The highest BCUT2D eigenvalue weighted by Gasteiger charge is 2.53. The largest absolute Gasteiger partial charge is 0.391 e. The lowest BCUT2D eigenvalue weighted by Crippen LogP contribution is -2.59. The molecule has 6 atom stereocenters. The van der Waals surface area contributed by atoms with Crippen LogP contribution in [-0.4, -0.2) is 64.9 Å². The fourth-order valence-electron chi connectivity index (χ4n) is 4.63. The first-order chi connectivity index (χ1) is 12.8. The van der Waals surface area contributed by atoms with Crippen LogP contribution in [0.3, 0.4) is 0 Å². The van der Waals surface area contributed by atoms with Crippen LogP contribution < -0.4 is 4.72 Å². The number of carbonyl (C=O) groups is 1. The summed E-state index contributed by atoms with van der Waals surface area (Å²) in [6.45, 7) is -0.0806. The monoisotopic (exact) mass is 402 g/mol. The van der Waals surface area contributed by atoms with Gasteiger partial charge in [0, 0.05) is 11.8 Å². The predicted molar refractivity (Wildman–Crippen MR) is 91.1 cm³/mol. The van der Waals surface area contributed by atoms with E-state index in [1.54, 1.807) is 12.4 Å². The fraction of sp³-hybridized carbons (Fsp3) is 0.750. The summed E-state index contributed by atoms with van der Waals surface area (Å²) in [6, 6.07) is -1.25. The zero-order valence-electron chi connectivity index (χ0n) is 14.6. The molecule has 3 N–H and O–H groups in total. The zero-order chi connectivity index (χ0) is 19.2. The number of fused-ring (bicyclic) bond motifs is 1. The molecule has 4 rings (SSSR count). The number of amides is 1. The lowest BCUT2D eigenvalue weighted by molar-refractivity contribution is -0.120. The van der Waals surface area contributed by atoms with Crippen LogP contribution >= 0.6 is 0 Å². The van der Waals surface area contributed by atoms with E-state index >= 15 is 4.39 Å². The summed E-state index contributed by atoms with van der Waals surface area (Å²) < 4.78 is 48.1. The Bertz CT molecular complexity index is 789. The molecule has 1 amide bonds. The number of H-pyrrole nitrogens is 1. The number of carbonyl (C=O) groups excluding carboxylic acids is 1. The summed E-state index contributed by atoms with van der Waals surface area (Å²) in [5.74, 6) is -1.14. The van der Waals surface area contributed by atoms with Crippen LogP contribution in [0.2, 0.25) is 0 Å². The number of aromatic nitrogens is 2. The lowest BCUT2D eigenvalue weighted by Gasteiger charge is -2.47. The summed E-state index contributed by atoms with van der Waals surface area (Å²) in [5.41, 5.74) is 0.901. The average molecular weight is 402 g/mol. The molecule has 27 heavy (non-hydrogen) atoms. The third kappa shape index (κ3) is 3.60. The van der Waals surface area contributed by atoms with Crippen LogP contribution in [0.1, 0.15) is 31.2 Å². The van der Waals surface area contributed by atoms with Gasteiger partial charge in [0.2, 0.25) is 5.91 Å². The van der Waals surface area contributed by atoms with Gasteiger partial charge in [-0.15, -0.1) is 0 Å². The molecule has 3 fully saturated rings. The number of aliphatic hydroxyl groups is 1. The molecule has 1 saturated heterocycles. The Hall–Kier alpha value is -1.56. The van der Waals surface area contributed by atoms with Crippen LogP contribution in [0.5, 0.6) is 0 Å². The zero-order valence-corrected chi connectivity index (χ0v) is 15.4. The van der Waals surface area contributed by atoms with E-state index in [4.69, 9.17) is 4.74 Å². The molecule has 2 heterocycles. The maximum atomic E-state index is 15.4. The molecule has 150 valence electrons. The van der Waals surface area contributed by atoms with Gasteiger partial charge >= 0.3 is 10.2 Å². The highest BCUT2D eigenvalue weighted by molar-refractivity contribution is 7.88. The first kappa shape index (κ1) is 18.8. The van der Waals surface area contributed by atoms with Crippen molar-refractivity contribution in [1.29, 1.82) is 0 Å². The number of ether oxygens (including phenoxy) is 1. The first-order valence-corrected chi connectivity index (χ1v) is 10.5. The van der Waals surface area contributed by atoms with Crippen molar-refractivity contribution in [3.63, 3.8) is 0 Å². The van der Waals surface area contributed by atoms with E-state index in [0.717, 1.165) is 22.7 Å². The number of alkyl halides is 1. The minimum atomic E-state index is -4.10. The molecule has 0 radical (unpaired) electrons. The molecule has 0 spiro atoms. The van der Waals surface area contributed by atoms with E-state index < -0.39 is 46.9 Å². The summed E-state index contributed by atoms with van der Waals surface area (Å²) in [6.07, 6.45) is 2.85. The van der Waals surface area contributed by atoms with Gasteiger partial charge in [-0.3, -0.25) is 9.89 Å². The van der Waals surface area contributed by atoms with Crippen molar-refractivity contribution in [3.05, 3.63) is 18.0 Å². The van der Waals surface area contributed by atoms with Crippen LogP contribution in [0.15, 0.2) is 12.4 Å². The Kier molecular flexibility index (Phi) is 4.95. The maximum Gasteiger partial charge on any atom is 0.304 e. The smallest absolute Gasteiger partial charge is 0.304 e. The van der Waals surface area contributed by atoms with Crippen LogP contribution in [0.4, 0.5) is 4.39 Å². The van der Waals surface area contributed by atoms with Gasteiger partial charge in [0.25, 0.3) is 0 Å². The highest BCUT2D eigenvalue weighted by atomic mass is 32.2. The molecule has 2 aliphatic carbocycles. The van der Waals surface area contributed by atoms with Gasteiger partial charge in [-0.25, -0.2) is 9.11 Å². The van der Waals surface area contributed by atoms with Crippen molar-refractivity contribution in [2.24, 2.45) is 11.8 Å². The molecular formula is C16H23FN4O5S. The lowest BCUT2D eigenvalue weighted by atomic mass is 9.66. The molecule has 1 aliphatic heterocycles. The third-order valence-electron chi connectivity index (χ3n) is 5.90. The van der Waals surface area contributed by atoms with Crippen molar-refractivity contribution < 1.29 is 27.4 Å². The molecule has 3 aliphatic rings. The van der Waals surface area contributed by atoms with E-state index in [2.05, 4.69) is 10.2 Å². The van der Waals surface area contributed by atoms with Crippen LogP contribution in [-0.2, 0) is 26.3 Å². The average Bonchev–Trinajstić information content (AvgIpc) is 3.21. The van der Waals surface area contributed by atoms with E-state index in [1.807, 2.05) is 4.72 Å². The number of nitrogens with one attached hydrogen (secondary N) is 2. The summed E-state index contributed by atoms with van der Waals surface area (Å²) in [7, 11) is -4.10. The second kappa shape index (κ2) is 7.12. The molecule has 1 aromatic rings. The van der Waals surface area contributed by atoms with E-state index in [1.165, 1.54) is 0 Å². The van der Waals surface area contributed by atoms with Crippen LogP contribution in [0, 0.1) is 11.8 Å². The molecule has 2 saturated carbocycles. The van der Waals surface area contributed by atoms with Gasteiger partial charge in [-0.1, -0.05) is 0 Å². The molecular weight excluding hydrogens is 379 g/mol. The number of aromatic amines is 1. The number of aliphatic hydroxyl groups excluding tert-OH is 1. The number of hydrogen-bond donors (Lipinski definition) is 3. The first-order valence-electron chi connectivity index (χ1n) is 9.09. The van der Waals surface area contributed by atoms with Gasteiger partial charge in [0.15, 0.2) is 0 Å². The Labute approximate surface area is 156 Å². The Morgan fingerprint density at radius 1 is 1.37 bits per heavy atom. The number of halogens is 1. The Morgan fingerprint density at radius 2 is 2.19 bits per heavy atom. The normalized spacial score (nSPS) is 39.1. The summed E-state index contributed by atoms with van der Waals surface area (Å²) in [4.78, 5) is 11.5. The highest BCUT2D eigenvalue weighted by Crippen LogP contribution is 2.45. The van der Waals surface area contributed by atoms with Gasteiger partial charge in [-0.2, -0.15) is 17.8 Å². The molecule has 6 unspecified atom stereocenters. The molecule has 9 nitrogen and oxygen atoms in total. The van der Waals surface area contributed by atoms with E-state index in [0.29, 0.717) is 19.4 Å². The number of rotatable bonds is 4. The van der Waals surface area contributed by atoms with Crippen molar-refractivity contribution in [1.82, 2.24) is 19.2 Å². The van der Waals surface area contributed by atoms with Gasteiger partial charge in [-0.05, 0) is 37.5 Å². The fourth-order valence-corrected chi connectivity index (χ4v) is 5.96. The quantitative estimate of drug-likeness (QED) is 0.644. The molecule has 0 bridgehead atoms. The predicted octanol–water partition coefficient (Wildman–Crippen LogP) is -0.141. The SMILES string of the molecule is O=C1CN(C2C(O)CC3CCC(OCc4cn[nH]c4)CC3C2F)S(=O)(=O)N1. The van der Waals surface area contributed by atoms with Crippen LogP contribution in [0.25, 0.3) is 0 Å². The Balaban J connectivity index is 1.46. The Morgan fingerprint density at radius 3 is 2.85 bits per heavy atom. The van der Waals surface area contributed by atoms with E-state index in [9.17, 15) is 18.3 Å². The second-order valence-electron chi connectivity index (χ2n) is 7.59. The number of nitrogens with zero attached hydrogens (tertiary/aromatic N) is 2. The summed E-state index contributed by atoms with van der Waals surface area (Å²) in [5, 5.41) is 17.0. The second-order valence-corrected chi connectivity index (χ2v) is 9.21. The minimum absolute atomic E-state index is 0.0195. The topological polar surface area (TPSA) is 125 Å². The minimum Gasteiger partial charge on any atom is -0.391 e. The third-order valence-corrected chi connectivity index (χ3v) is 7.37. The molecule has 11 heteroatoms. The van der Waals surface area contributed by atoms with Crippen molar-refractivity contribution >= 4 is 16.1 Å². The summed E-state index contributed by atoms with van der Waals surface area (Å²) >= 11 is 0. The van der Waals surface area contributed by atoms with Gasteiger partial charge < -0.3 is 9.84 Å². The maximum absolute atomic E-state index is 15.4. The van der Waals surface area contributed by atoms with Gasteiger partial charge in [0.1, 0.15) is 6.17 Å².